The van der Waals surface area contributed by atoms with E-state index in [2.05, 4.69) is 5.10 Å². The molecule has 0 radical (unpaired) electrons. The van der Waals surface area contributed by atoms with E-state index in [1.165, 1.54) is 31.4 Å². The summed E-state index contributed by atoms with van der Waals surface area (Å²) >= 11 is 0. The van der Waals surface area contributed by atoms with Crippen molar-refractivity contribution < 1.29 is 18.3 Å². The zero-order chi connectivity index (χ0) is 21.1. The Balaban J connectivity index is 1.76. The van der Waals surface area contributed by atoms with E-state index in [-0.39, 0.29) is 11.6 Å². The van der Waals surface area contributed by atoms with Crippen molar-refractivity contribution in [1.82, 2.24) is 9.78 Å². The summed E-state index contributed by atoms with van der Waals surface area (Å²) in [4.78, 5) is 11.8. The molecule has 150 valence electrons. The third kappa shape index (κ3) is 4.12. The first-order valence-electron chi connectivity index (χ1n) is 9.30. The lowest BCUT2D eigenvalue weighted by Gasteiger charge is -2.09. The minimum atomic E-state index is -0.414. The first-order valence-corrected chi connectivity index (χ1v) is 9.30. The monoisotopic (exact) mass is 404 g/mol. The Morgan fingerprint density at radius 1 is 0.900 bits per heavy atom. The number of methoxy groups -OCH3 is 1. The number of carbonyl (C=O) groups excluding carboxylic acids is 1. The highest BCUT2D eigenvalue weighted by molar-refractivity contribution is 5.89. The predicted octanol–water partition coefficient (Wildman–Crippen LogP) is 5.33. The lowest BCUT2D eigenvalue weighted by atomic mass is 10.1. The number of nitrogens with zero attached hydrogens (tertiary/aromatic N) is 2. The molecule has 0 spiro atoms. The molecule has 0 bridgehead atoms. The van der Waals surface area contributed by atoms with Gasteiger partial charge in [0.15, 0.2) is 0 Å². The van der Waals surface area contributed by atoms with E-state index in [9.17, 15) is 13.6 Å². The summed E-state index contributed by atoms with van der Waals surface area (Å²) in [6.45, 7) is 0.388. The molecule has 4 rings (SSSR count). The highest BCUT2D eigenvalue weighted by Gasteiger charge is 2.14. The van der Waals surface area contributed by atoms with Crippen LogP contribution in [0.25, 0.3) is 22.5 Å². The second-order valence-electron chi connectivity index (χ2n) is 6.78. The van der Waals surface area contributed by atoms with Crippen molar-refractivity contribution in [2.45, 2.75) is 6.54 Å². The van der Waals surface area contributed by atoms with E-state index in [4.69, 9.17) is 4.74 Å². The van der Waals surface area contributed by atoms with Crippen molar-refractivity contribution in [1.29, 1.82) is 0 Å². The largest absolute Gasteiger partial charge is 0.465 e. The molecule has 0 aliphatic heterocycles. The molecule has 0 amide bonds. The molecule has 30 heavy (non-hydrogen) atoms. The molecule has 0 saturated carbocycles. The van der Waals surface area contributed by atoms with E-state index in [1.807, 2.05) is 12.1 Å². The van der Waals surface area contributed by atoms with E-state index in [0.717, 1.165) is 22.4 Å². The molecule has 0 aliphatic rings. The molecule has 0 saturated heterocycles. The van der Waals surface area contributed by atoms with Crippen LogP contribution < -0.4 is 0 Å². The molecular formula is C24H18F2N2O2. The Morgan fingerprint density at radius 3 is 2.17 bits per heavy atom. The summed E-state index contributed by atoms with van der Waals surface area (Å²) in [5.74, 6) is -1.06. The van der Waals surface area contributed by atoms with Crippen LogP contribution in [-0.4, -0.2) is 22.9 Å². The number of ether oxygens (including phenoxy) is 1. The van der Waals surface area contributed by atoms with Gasteiger partial charge < -0.3 is 4.74 Å². The van der Waals surface area contributed by atoms with Crippen LogP contribution in [-0.2, 0) is 11.3 Å². The SMILES string of the molecule is COC(=O)c1cccc(Cn2nc(-c3ccc(F)cc3)cc2-c2ccc(F)cc2)c1. The van der Waals surface area contributed by atoms with Gasteiger partial charge in [0.2, 0.25) is 0 Å². The van der Waals surface area contributed by atoms with Gasteiger partial charge in [0.05, 0.1) is 30.6 Å². The maximum Gasteiger partial charge on any atom is 0.337 e. The van der Waals surface area contributed by atoms with Crippen molar-refractivity contribution in [3.05, 3.63) is 102 Å². The van der Waals surface area contributed by atoms with Crippen LogP contribution in [0.15, 0.2) is 78.9 Å². The standard InChI is InChI=1S/C24H18F2N2O2/c1-30-24(29)19-4-2-3-16(13-19)15-28-23(18-7-11-21(26)12-8-18)14-22(27-28)17-5-9-20(25)10-6-17/h2-14H,15H2,1H3. The van der Waals surface area contributed by atoms with Crippen molar-refractivity contribution in [2.75, 3.05) is 7.11 Å². The third-order valence-corrected chi connectivity index (χ3v) is 4.74. The number of hydrogen-bond donors (Lipinski definition) is 0. The summed E-state index contributed by atoms with van der Waals surface area (Å²) in [7, 11) is 1.34. The Hall–Kier alpha value is -3.80. The molecule has 0 fully saturated rings. The zero-order valence-electron chi connectivity index (χ0n) is 16.2. The van der Waals surface area contributed by atoms with Gasteiger partial charge in [-0.3, -0.25) is 4.68 Å². The number of rotatable bonds is 5. The highest BCUT2D eigenvalue weighted by Crippen LogP contribution is 2.27. The summed E-state index contributed by atoms with van der Waals surface area (Å²) in [5, 5.41) is 4.68. The molecule has 1 aromatic heterocycles. The first-order chi connectivity index (χ1) is 14.5. The fraction of sp³-hybridized carbons (Fsp3) is 0.0833. The van der Waals surface area contributed by atoms with Gasteiger partial charge in [0.1, 0.15) is 11.6 Å². The summed E-state index contributed by atoms with van der Waals surface area (Å²) in [6, 6.07) is 21.2. The Labute approximate surface area is 172 Å². The van der Waals surface area contributed by atoms with Gasteiger partial charge in [-0.2, -0.15) is 5.10 Å². The number of carbonyl (C=O) groups is 1. The lowest BCUT2D eigenvalue weighted by molar-refractivity contribution is 0.0600. The van der Waals surface area contributed by atoms with Crippen LogP contribution in [0.2, 0.25) is 0 Å². The van der Waals surface area contributed by atoms with Crippen molar-refractivity contribution >= 4 is 5.97 Å². The van der Waals surface area contributed by atoms with E-state index < -0.39 is 5.97 Å². The predicted molar refractivity (Wildman–Crippen MR) is 110 cm³/mol. The van der Waals surface area contributed by atoms with Crippen molar-refractivity contribution in [3.63, 3.8) is 0 Å². The Bertz CT molecular complexity index is 1180. The van der Waals surface area contributed by atoms with Gasteiger partial charge in [-0.15, -0.1) is 0 Å². The fourth-order valence-corrected chi connectivity index (χ4v) is 3.24. The second-order valence-corrected chi connectivity index (χ2v) is 6.78. The quantitative estimate of drug-likeness (QED) is 0.422. The molecule has 4 aromatic rings. The van der Waals surface area contributed by atoms with E-state index in [1.54, 1.807) is 47.1 Å². The molecule has 0 atom stereocenters. The molecule has 4 nitrogen and oxygen atoms in total. The molecule has 6 heteroatoms. The summed E-state index contributed by atoms with van der Waals surface area (Å²) < 4.78 is 33.3. The van der Waals surface area contributed by atoms with Crippen LogP contribution in [0.4, 0.5) is 8.78 Å². The molecule has 1 heterocycles. The maximum absolute atomic E-state index is 13.4. The Kier molecular flexibility index (Phi) is 5.39. The number of benzene rings is 3. The smallest absolute Gasteiger partial charge is 0.337 e. The molecule has 0 unspecified atom stereocenters. The average Bonchev–Trinajstić information content (AvgIpc) is 3.18. The summed E-state index contributed by atoms with van der Waals surface area (Å²) in [5.41, 5.74) is 4.30. The number of aromatic nitrogens is 2. The van der Waals surface area contributed by atoms with Gasteiger partial charge in [0, 0.05) is 11.1 Å². The highest BCUT2D eigenvalue weighted by atomic mass is 19.1. The topological polar surface area (TPSA) is 44.1 Å². The number of esters is 1. The average molecular weight is 404 g/mol. The van der Waals surface area contributed by atoms with Gasteiger partial charge >= 0.3 is 5.97 Å². The van der Waals surface area contributed by atoms with Crippen LogP contribution in [0.5, 0.6) is 0 Å². The summed E-state index contributed by atoms with van der Waals surface area (Å²) in [6.07, 6.45) is 0. The normalized spacial score (nSPS) is 10.8. The third-order valence-electron chi connectivity index (χ3n) is 4.74. The van der Waals surface area contributed by atoms with Crippen LogP contribution in [0, 0.1) is 11.6 Å². The molecular weight excluding hydrogens is 386 g/mol. The molecule has 3 aromatic carbocycles. The van der Waals surface area contributed by atoms with Gasteiger partial charge in [-0.1, -0.05) is 12.1 Å². The maximum atomic E-state index is 13.4. The van der Waals surface area contributed by atoms with Gasteiger partial charge in [-0.25, -0.2) is 13.6 Å². The number of halogens is 2. The first kappa shape index (κ1) is 19.5. The molecule has 0 N–H and O–H groups in total. The van der Waals surface area contributed by atoms with Gasteiger partial charge in [0.25, 0.3) is 0 Å². The van der Waals surface area contributed by atoms with E-state index >= 15 is 0 Å². The zero-order valence-corrected chi connectivity index (χ0v) is 16.2. The van der Waals surface area contributed by atoms with E-state index in [0.29, 0.717) is 17.8 Å². The van der Waals surface area contributed by atoms with Gasteiger partial charge in [-0.05, 0) is 72.3 Å². The van der Waals surface area contributed by atoms with Crippen LogP contribution >= 0.6 is 0 Å². The minimum Gasteiger partial charge on any atom is -0.465 e. The molecule has 0 aliphatic carbocycles. The Morgan fingerprint density at radius 2 is 1.53 bits per heavy atom. The second kappa shape index (κ2) is 8.29. The number of hydrogen-bond acceptors (Lipinski definition) is 3. The minimum absolute atomic E-state index is 0.323. The fourth-order valence-electron chi connectivity index (χ4n) is 3.24. The van der Waals surface area contributed by atoms with Crippen LogP contribution in [0.3, 0.4) is 0 Å². The van der Waals surface area contributed by atoms with Crippen LogP contribution in [0.1, 0.15) is 15.9 Å². The van der Waals surface area contributed by atoms with Crippen molar-refractivity contribution in [3.8, 4) is 22.5 Å². The lowest BCUT2D eigenvalue weighted by Crippen LogP contribution is -2.06. The van der Waals surface area contributed by atoms with Crippen molar-refractivity contribution in [2.24, 2.45) is 0 Å².